The number of aromatic nitrogens is 1. The summed E-state index contributed by atoms with van der Waals surface area (Å²) in [6.07, 6.45) is 2.85. The van der Waals surface area contributed by atoms with E-state index in [0.717, 1.165) is 41.2 Å². The number of nitrogens with one attached hydrogen (secondary N) is 1. The molecule has 0 unspecified atom stereocenters. The summed E-state index contributed by atoms with van der Waals surface area (Å²) in [6.45, 7) is 2.43. The number of anilines is 1. The van der Waals surface area contributed by atoms with Crippen molar-refractivity contribution in [2.75, 3.05) is 32.1 Å². The predicted octanol–water partition coefficient (Wildman–Crippen LogP) is 3.76. The Kier molecular flexibility index (Phi) is 4.75. The van der Waals surface area contributed by atoms with Crippen LogP contribution in [0.4, 0.5) is 5.82 Å². The van der Waals surface area contributed by atoms with Crippen molar-refractivity contribution in [1.29, 1.82) is 0 Å². The molecule has 152 valence electrons. The molecule has 0 spiro atoms. The van der Waals surface area contributed by atoms with E-state index in [4.69, 9.17) is 9.47 Å². The van der Waals surface area contributed by atoms with Crippen molar-refractivity contribution in [1.82, 2.24) is 9.88 Å². The maximum absolute atomic E-state index is 13.2. The minimum absolute atomic E-state index is 0.0202. The maximum atomic E-state index is 13.2. The van der Waals surface area contributed by atoms with Crippen LogP contribution in [-0.4, -0.2) is 42.6 Å². The van der Waals surface area contributed by atoms with Crippen LogP contribution in [0.15, 0.2) is 54.7 Å². The fourth-order valence-corrected chi connectivity index (χ4v) is 4.01. The van der Waals surface area contributed by atoms with Gasteiger partial charge in [-0.15, -0.1) is 0 Å². The standard InChI is InChI=1S/C24H23N3O3/c1-29-20-4-2-3-16(11-20)15-27-9-10-30-22-13-17(5-6-21(22)24(27)28)19-12-18-7-8-25-23(18)26-14-19/h2-6,11-14H,7-10,15H2,1H3,(H,25,26). The Morgan fingerprint density at radius 1 is 1.17 bits per heavy atom. The van der Waals surface area contributed by atoms with E-state index in [2.05, 4.69) is 16.4 Å². The average Bonchev–Trinajstić information content (AvgIpc) is 3.20. The molecule has 6 heteroatoms. The number of pyridine rings is 1. The number of benzene rings is 2. The van der Waals surface area contributed by atoms with Gasteiger partial charge in [-0.3, -0.25) is 4.79 Å². The number of fused-ring (bicyclic) bond motifs is 2. The molecule has 6 nitrogen and oxygen atoms in total. The molecule has 1 amide bonds. The molecule has 2 aliphatic rings. The van der Waals surface area contributed by atoms with Gasteiger partial charge in [0.15, 0.2) is 0 Å². The predicted molar refractivity (Wildman–Crippen MR) is 115 cm³/mol. The number of rotatable bonds is 4. The summed E-state index contributed by atoms with van der Waals surface area (Å²) in [5.74, 6) is 2.36. The number of carbonyl (C=O) groups is 1. The van der Waals surface area contributed by atoms with Gasteiger partial charge in [0.05, 0.1) is 19.2 Å². The van der Waals surface area contributed by atoms with Crippen LogP contribution in [0.25, 0.3) is 11.1 Å². The average molecular weight is 401 g/mol. The molecule has 0 atom stereocenters. The van der Waals surface area contributed by atoms with E-state index in [1.807, 2.05) is 53.6 Å². The molecule has 0 fully saturated rings. The van der Waals surface area contributed by atoms with Gasteiger partial charge in [-0.25, -0.2) is 4.98 Å². The van der Waals surface area contributed by atoms with Crippen LogP contribution in [0, 0.1) is 0 Å². The first-order valence-corrected chi connectivity index (χ1v) is 10.1. The lowest BCUT2D eigenvalue weighted by Gasteiger charge is -2.20. The molecule has 0 saturated heterocycles. The summed E-state index contributed by atoms with van der Waals surface area (Å²) >= 11 is 0. The van der Waals surface area contributed by atoms with Gasteiger partial charge in [-0.1, -0.05) is 18.2 Å². The molecule has 2 aromatic carbocycles. The highest BCUT2D eigenvalue weighted by molar-refractivity contribution is 5.98. The van der Waals surface area contributed by atoms with Gasteiger partial charge in [-0.2, -0.15) is 0 Å². The Morgan fingerprint density at radius 3 is 3.00 bits per heavy atom. The largest absolute Gasteiger partial charge is 0.497 e. The minimum Gasteiger partial charge on any atom is -0.497 e. The van der Waals surface area contributed by atoms with Crippen molar-refractivity contribution >= 4 is 11.7 Å². The summed E-state index contributed by atoms with van der Waals surface area (Å²) in [5, 5.41) is 3.28. The topological polar surface area (TPSA) is 63.7 Å². The smallest absolute Gasteiger partial charge is 0.258 e. The second-order valence-electron chi connectivity index (χ2n) is 7.55. The van der Waals surface area contributed by atoms with Crippen LogP contribution in [-0.2, 0) is 13.0 Å². The summed E-state index contributed by atoms with van der Waals surface area (Å²) in [4.78, 5) is 19.5. The third-order valence-electron chi connectivity index (χ3n) is 5.61. The zero-order chi connectivity index (χ0) is 20.5. The van der Waals surface area contributed by atoms with Crippen molar-refractivity contribution in [3.05, 3.63) is 71.4 Å². The number of ether oxygens (including phenoxy) is 2. The third kappa shape index (κ3) is 3.45. The molecule has 2 aliphatic heterocycles. The normalized spacial score (nSPS) is 15.0. The lowest BCUT2D eigenvalue weighted by molar-refractivity contribution is 0.0743. The summed E-state index contributed by atoms with van der Waals surface area (Å²) in [7, 11) is 1.64. The molecule has 3 heterocycles. The molecular weight excluding hydrogens is 378 g/mol. The van der Waals surface area contributed by atoms with E-state index in [0.29, 0.717) is 31.0 Å². The van der Waals surface area contributed by atoms with Gasteiger partial charge in [0.25, 0.3) is 5.91 Å². The zero-order valence-corrected chi connectivity index (χ0v) is 16.9. The molecule has 30 heavy (non-hydrogen) atoms. The number of methoxy groups -OCH3 is 1. The minimum atomic E-state index is -0.0202. The van der Waals surface area contributed by atoms with Gasteiger partial charge in [0.1, 0.15) is 23.9 Å². The third-order valence-corrected chi connectivity index (χ3v) is 5.61. The molecule has 3 aromatic rings. The Morgan fingerprint density at radius 2 is 2.10 bits per heavy atom. The number of hydrogen-bond donors (Lipinski definition) is 1. The molecule has 0 saturated carbocycles. The first kappa shape index (κ1) is 18.5. The van der Waals surface area contributed by atoms with Gasteiger partial charge in [0.2, 0.25) is 0 Å². The molecule has 1 aromatic heterocycles. The number of nitrogens with zero attached hydrogens (tertiary/aromatic N) is 2. The van der Waals surface area contributed by atoms with Crippen molar-refractivity contribution in [2.24, 2.45) is 0 Å². The summed E-state index contributed by atoms with van der Waals surface area (Å²) in [5.41, 5.74) is 4.89. The molecule has 0 bridgehead atoms. The molecule has 0 radical (unpaired) electrons. The van der Waals surface area contributed by atoms with Crippen molar-refractivity contribution in [3.8, 4) is 22.6 Å². The second kappa shape index (κ2) is 7.71. The molecule has 0 aliphatic carbocycles. The van der Waals surface area contributed by atoms with Crippen molar-refractivity contribution in [2.45, 2.75) is 13.0 Å². The van der Waals surface area contributed by atoms with Crippen LogP contribution in [0.2, 0.25) is 0 Å². The summed E-state index contributed by atoms with van der Waals surface area (Å²) < 4.78 is 11.3. The van der Waals surface area contributed by atoms with E-state index >= 15 is 0 Å². The van der Waals surface area contributed by atoms with Gasteiger partial charge in [-0.05, 0) is 53.4 Å². The van der Waals surface area contributed by atoms with E-state index in [1.54, 1.807) is 7.11 Å². The SMILES string of the molecule is COc1cccc(CN2CCOc3cc(-c4cnc5c(c4)CCN5)ccc3C2=O)c1. The van der Waals surface area contributed by atoms with Gasteiger partial charge in [0, 0.05) is 24.8 Å². The van der Waals surface area contributed by atoms with Crippen LogP contribution in [0.3, 0.4) is 0 Å². The Labute approximate surface area is 175 Å². The Hall–Kier alpha value is -3.54. The van der Waals surface area contributed by atoms with Crippen molar-refractivity contribution in [3.63, 3.8) is 0 Å². The fourth-order valence-electron chi connectivity index (χ4n) is 4.01. The molecular formula is C24H23N3O3. The van der Waals surface area contributed by atoms with E-state index in [1.165, 1.54) is 5.56 Å². The van der Waals surface area contributed by atoms with Crippen LogP contribution in [0.1, 0.15) is 21.5 Å². The highest BCUT2D eigenvalue weighted by Gasteiger charge is 2.24. The number of carbonyl (C=O) groups excluding carboxylic acids is 1. The number of amides is 1. The van der Waals surface area contributed by atoms with Gasteiger partial charge < -0.3 is 19.7 Å². The highest BCUT2D eigenvalue weighted by Crippen LogP contribution is 2.32. The first-order valence-electron chi connectivity index (χ1n) is 10.1. The maximum Gasteiger partial charge on any atom is 0.258 e. The lowest BCUT2D eigenvalue weighted by Crippen LogP contribution is -2.31. The van der Waals surface area contributed by atoms with Gasteiger partial charge >= 0.3 is 0 Å². The van der Waals surface area contributed by atoms with E-state index in [9.17, 15) is 4.79 Å². The van der Waals surface area contributed by atoms with E-state index < -0.39 is 0 Å². The fraction of sp³-hybridized carbons (Fsp3) is 0.250. The monoisotopic (exact) mass is 401 g/mol. The first-order chi connectivity index (χ1) is 14.7. The van der Waals surface area contributed by atoms with E-state index in [-0.39, 0.29) is 5.91 Å². The van der Waals surface area contributed by atoms with Crippen LogP contribution >= 0.6 is 0 Å². The molecule has 5 rings (SSSR count). The number of hydrogen-bond acceptors (Lipinski definition) is 5. The summed E-state index contributed by atoms with van der Waals surface area (Å²) in [6, 6.07) is 15.7. The second-order valence-corrected chi connectivity index (χ2v) is 7.55. The zero-order valence-electron chi connectivity index (χ0n) is 16.9. The Bertz CT molecular complexity index is 1110. The Balaban J connectivity index is 1.41. The highest BCUT2D eigenvalue weighted by atomic mass is 16.5. The quantitative estimate of drug-likeness (QED) is 0.721. The molecule has 1 N–H and O–H groups in total. The lowest BCUT2D eigenvalue weighted by atomic mass is 10.0. The van der Waals surface area contributed by atoms with Crippen LogP contribution in [0.5, 0.6) is 11.5 Å². The van der Waals surface area contributed by atoms with Crippen LogP contribution < -0.4 is 14.8 Å². The van der Waals surface area contributed by atoms with Crippen molar-refractivity contribution < 1.29 is 14.3 Å².